The lowest BCUT2D eigenvalue weighted by molar-refractivity contribution is -0.142. The van der Waals surface area contributed by atoms with Gasteiger partial charge < -0.3 is 5.73 Å². The van der Waals surface area contributed by atoms with E-state index in [-0.39, 0.29) is 16.4 Å². The minimum absolute atomic E-state index is 0.0626. The second-order valence-electron chi connectivity index (χ2n) is 5.15. The van der Waals surface area contributed by atoms with Crippen molar-refractivity contribution in [2.45, 2.75) is 13.1 Å². The molecule has 5 nitrogen and oxygen atoms in total. The van der Waals surface area contributed by atoms with Crippen molar-refractivity contribution in [1.29, 1.82) is 0 Å². The molecule has 2 N–H and O–H groups in total. The number of halogens is 4. The molecule has 3 aromatic rings. The Morgan fingerprint density at radius 2 is 1.88 bits per heavy atom. The van der Waals surface area contributed by atoms with Gasteiger partial charge >= 0.3 is 6.18 Å². The van der Waals surface area contributed by atoms with Gasteiger partial charge in [0.25, 0.3) is 5.91 Å². The highest BCUT2D eigenvalue weighted by Gasteiger charge is 2.36. The molecule has 0 aliphatic rings. The fraction of sp³-hybridized carbons (Fsp3) is 0.133. The number of aromatic nitrogens is 3. The number of aryl methyl sites for hydroxylation is 1. The van der Waals surface area contributed by atoms with Crippen LogP contribution in [0.2, 0.25) is 5.02 Å². The van der Waals surface area contributed by atoms with E-state index in [0.29, 0.717) is 10.1 Å². The molecule has 0 spiro atoms. The predicted octanol–water partition coefficient (Wildman–Crippen LogP) is 3.48. The van der Waals surface area contributed by atoms with Gasteiger partial charge in [0, 0.05) is 5.56 Å². The van der Waals surface area contributed by atoms with Gasteiger partial charge in [0.05, 0.1) is 5.69 Å². The molecule has 0 fully saturated rings. The second kappa shape index (κ2) is 5.48. The van der Waals surface area contributed by atoms with Crippen LogP contribution in [0.5, 0.6) is 0 Å². The van der Waals surface area contributed by atoms with Crippen LogP contribution in [0.4, 0.5) is 13.2 Å². The first-order valence-electron chi connectivity index (χ1n) is 6.72. The highest BCUT2D eigenvalue weighted by atomic mass is 35.5. The third-order valence-electron chi connectivity index (χ3n) is 3.40. The van der Waals surface area contributed by atoms with Gasteiger partial charge in [-0.1, -0.05) is 41.4 Å². The fourth-order valence-electron chi connectivity index (χ4n) is 2.22. The molecule has 2 heterocycles. The second-order valence-corrected chi connectivity index (χ2v) is 5.53. The Balaban J connectivity index is 2.35. The summed E-state index contributed by atoms with van der Waals surface area (Å²) in [5.41, 5.74) is 4.75. The van der Waals surface area contributed by atoms with Crippen molar-refractivity contribution in [3.63, 3.8) is 0 Å². The highest BCUT2D eigenvalue weighted by Crippen LogP contribution is 2.34. The van der Waals surface area contributed by atoms with Crippen molar-refractivity contribution in [1.82, 2.24) is 14.6 Å². The first-order chi connectivity index (χ1) is 11.2. The number of hydrogen-bond acceptors (Lipinski definition) is 3. The Hall–Kier alpha value is -2.61. The third kappa shape index (κ3) is 2.69. The number of carbonyl (C=O) groups excluding carboxylic acids is 1. The lowest BCUT2D eigenvalue weighted by Gasteiger charge is -2.11. The van der Waals surface area contributed by atoms with E-state index in [4.69, 9.17) is 17.3 Å². The van der Waals surface area contributed by atoms with Crippen molar-refractivity contribution in [3.8, 4) is 11.3 Å². The molecule has 0 unspecified atom stereocenters. The van der Waals surface area contributed by atoms with E-state index in [1.165, 1.54) is 0 Å². The van der Waals surface area contributed by atoms with Crippen LogP contribution in [0.15, 0.2) is 30.3 Å². The molecule has 1 aromatic carbocycles. The maximum Gasteiger partial charge on any atom is 0.433 e. The van der Waals surface area contributed by atoms with Gasteiger partial charge in [-0.2, -0.15) is 18.3 Å². The standard InChI is InChI=1S/C15H10ClF3N4O/c1-7-2-4-8(5-3-7)9-6-10(15(17,18)19)23-14(21-9)11(16)12(22-23)13(20)24/h2-6H,1H3,(H2,20,24). The molecule has 3 rings (SSSR count). The quantitative estimate of drug-likeness (QED) is 0.765. The molecule has 2 aromatic heterocycles. The van der Waals surface area contributed by atoms with Crippen LogP contribution < -0.4 is 5.73 Å². The van der Waals surface area contributed by atoms with E-state index in [0.717, 1.165) is 11.6 Å². The molecule has 0 bridgehead atoms. The van der Waals surface area contributed by atoms with Crippen LogP contribution in [-0.2, 0) is 6.18 Å². The van der Waals surface area contributed by atoms with Gasteiger partial charge in [0.1, 0.15) is 5.02 Å². The van der Waals surface area contributed by atoms with Crippen LogP contribution in [-0.4, -0.2) is 20.5 Å². The van der Waals surface area contributed by atoms with E-state index >= 15 is 0 Å². The van der Waals surface area contributed by atoms with Crippen molar-refractivity contribution in [3.05, 3.63) is 52.3 Å². The zero-order valence-corrected chi connectivity index (χ0v) is 13.0. The van der Waals surface area contributed by atoms with Gasteiger partial charge in [-0.15, -0.1) is 0 Å². The zero-order chi connectivity index (χ0) is 17.6. The summed E-state index contributed by atoms with van der Waals surface area (Å²) in [6.07, 6.45) is -4.72. The topological polar surface area (TPSA) is 73.3 Å². The van der Waals surface area contributed by atoms with E-state index in [9.17, 15) is 18.0 Å². The maximum atomic E-state index is 13.4. The summed E-state index contributed by atoms with van der Waals surface area (Å²) in [7, 11) is 0. The van der Waals surface area contributed by atoms with Gasteiger partial charge in [-0.3, -0.25) is 4.79 Å². The number of fused-ring (bicyclic) bond motifs is 1. The first kappa shape index (κ1) is 16.3. The average Bonchev–Trinajstić information content (AvgIpc) is 2.83. The summed E-state index contributed by atoms with van der Waals surface area (Å²) in [5.74, 6) is -1.03. The van der Waals surface area contributed by atoms with Crippen LogP contribution >= 0.6 is 11.6 Å². The van der Waals surface area contributed by atoms with Gasteiger partial charge in [-0.05, 0) is 13.0 Å². The van der Waals surface area contributed by atoms with Crippen molar-refractivity contribution < 1.29 is 18.0 Å². The molecule has 0 aliphatic heterocycles. The van der Waals surface area contributed by atoms with Crippen molar-refractivity contribution >= 4 is 23.2 Å². The Kier molecular flexibility index (Phi) is 3.71. The Morgan fingerprint density at radius 1 is 1.25 bits per heavy atom. The van der Waals surface area contributed by atoms with Crippen molar-refractivity contribution in [2.24, 2.45) is 5.73 Å². The number of primary amides is 1. The molecular weight excluding hydrogens is 345 g/mol. The predicted molar refractivity (Wildman–Crippen MR) is 81.7 cm³/mol. The SMILES string of the molecule is Cc1ccc(-c2cc(C(F)(F)F)n3nc(C(N)=O)c(Cl)c3n2)cc1. The minimum Gasteiger partial charge on any atom is -0.364 e. The molecule has 0 saturated heterocycles. The number of amides is 1. The minimum atomic E-state index is -4.72. The van der Waals surface area contributed by atoms with Gasteiger partial charge in [-0.25, -0.2) is 9.50 Å². The van der Waals surface area contributed by atoms with Crippen LogP contribution in [0, 0.1) is 6.92 Å². The normalized spacial score (nSPS) is 11.9. The summed E-state index contributed by atoms with van der Waals surface area (Å²) in [6.45, 7) is 1.86. The average molecular weight is 355 g/mol. The number of nitrogens with zero attached hydrogens (tertiary/aromatic N) is 3. The fourth-order valence-corrected chi connectivity index (χ4v) is 2.48. The molecule has 1 amide bonds. The molecule has 9 heteroatoms. The van der Waals surface area contributed by atoms with Crippen LogP contribution in [0.1, 0.15) is 21.7 Å². The number of benzene rings is 1. The number of carbonyl (C=O) groups is 1. The molecular formula is C15H10ClF3N4O. The summed E-state index contributed by atoms with van der Waals surface area (Å²) in [4.78, 5) is 15.4. The van der Waals surface area contributed by atoms with E-state index in [1.807, 2.05) is 6.92 Å². The lowest BCUT2D eigenvalue weighted by Crippen LogP contribution is -2.15. The van der Waals surface area contributed by atoms with Gasteiger partial charge in [0.2, 0.25) is 0 Å². The Bertz CT molecular complexity index is 948. The summed E-state index contributed by atoms with van der Waals surface area (Å²) < 4.78 is 40.6. The molecule has 0 aliphatic carbocycles. The third-order valence-corrected chi connectivity index (χ3v) is 3.75. The van der Waals surface area contributed by atoms with Crippen LogP contribution in [0.25, 0.3) is 16.9 Å². The molecule has 124 valence electrons. The van der Waals surface area contributed by atoms with E-state index < -0.39 is 23.5 Å². The Labute approximate surface area is 138 Å². The number of rotatable bonds is 2. The summed E-state index contributed by atoms with van der Waals surface area (Å²) in [5, 5.41) is 3.24. The van der Waals surface area contributed by atoms with Crippen LogP contribution in [0.3, 0.4) is 0 Å². The maximum absolute atomic E-state index is 13.4. The zero-order valence-electron chi connectivity index (χ0n) is 12.2. The molecule has 0 radical (unpaired) electrons. The molecule has 0 saturated carbocycles. The highest BCUT2D eigenvalue weighted by molar-refractivity contribution is 6.36. The van der Waals surface area contributed by atoms with E-state index in [2.05, 4.69) is 10.1 Å². The first-order valence-corrected chi connectivity index (χ1v) is 7.09. The van der Waals surface area contributed by atoms with Crippen molar-refractivity contribution in [2.75, 3.05) is 0 Å². The number of hydrogen-bond donors (Lipinski definition) is 1. The monoisotopic (exact) mass is 354 g/mol. The smallest absolute Gasteiger partial charge is 0.364 e. The summed E-state index contributed by atoms with van der Waals surface area (Å²) >= 11 is 5.94. The van der Waals surface area contributed by atoms with E-state index in [1.54, 1.807) is 24.3 Å². The summed E-state index contributed by atoms with van der Waals surface area (Å²) in [6, 6.07) is 7.65. The number of alkyl halides is 3. The lowest BCUT2D eigenvalue weighted by atomic mass is 10.1. The molecule has 0 atom stereocenters. The van der Waals surface area contributed by atoms with Gasteiger partial charge in [0.15, 0.2) is 17.0 Å². The Morgan fingerprint density at radius 3 is 2.42 bits per heavy atom. The largest absolute Gasteiger partial charge is 0.433 e. The number of nitrogens with two attached hydrogens (primary N) is 1. The molecule has 24 heavy (non-hydrogen) atoms.